The Balaban J connectivity index is 3.03. The standard InChI is InChI=1S/C8H5F2N/c1-11-7-4-2-3-6(5-7)8(9)10/h2-5,8H. The molecule has 0 aliphatic heterocycles. The van der Waals surface area contributed by atoms with Crippen LogP contribution in [0.1, 0.15) is 12.0 Å². The molecule has 0 aliphatic rings. The molecule has 0 aromatic heterocycles. The maximum atomic E-state index is 12.0. The Bertz CT molecular complexity index is 288. The van der Waals surface area contributed by atoms with Gasteiger partial charge in [0.1, 0.15) is 0 Å². The Morgan fingerprint density at radius 3 is 2.64 bits per heavy atom. The zero-order valence-corrected chi connectivity index (χ0v) is 5.59. The summed E-state index contributed by atoms with van der Waals surface area (Å²) in [4.78, 5) is 3.03. The lowest BCUT2D eigenvalue weighted by Crippen LogP contribution is -1.80. The van der Waals surface area contributed by atoms with Crippen molar-refractivity contribution < 1.29 is 8.78 Å². The minimum absolute atomic E-state index is 0.0986. The maximum absolute atomic E-state index is 12.0. The van der Waals surface area contributed by atoms with Crippen LogP contribution >= 0.6 is 0 Å². The van der Waals surface area contributed by atoms with Gasteiger partial charge in [0, 0.05) is 5.56 Å². The highest BCUT2D eigenvalue weighted by atomic mass is 19.3. The molecule has 0 fully saturated rings. The molecule has 0 amide bonds. The van der Waals surface area contributed by atoms with Crippen molar-refractivity contribution in [2.45, 2.75) is 6.43 Å². The van der Waals surface area contributed by atoms with Gasteiger partial charge in [-0.15, -0.1) is 0 Å². The molecule has 3 heteroatoms. The van der Waals surface area contributed by atoms with Gasteiger partial charge in [0.05, 0.1) is 6.57 Å². The van der Waals surface area contributed by atoms with Gasteiger partial charge in [-0.25, -0.2) is 13.6 Å². The minimum atomic E-state index is -2.49. The Hall–Kier alpha value is -1.43. The molecule has 0 bridgehead atoms. The number of rotatable bonds is 1. The first-order chi connectivity index (χ1) is 5.24. The van der Waals surface area contributed by atoms with Crippen LogP contribution in [0, 0.1) is 6.57 Å². The number of hydrogen-bond donors (Lipinski definition) is 0. The third-order valence-electron chi connectivity index (χ3n) is 1.25. The molecule has 1 aromatic rings. The summed E-state index contributed by atoms with van der Waals surface area (Å²) in [6.07, 6.45) is -2.49. The van der Waals surface area contributed by atoms with E-state index in [1.807, 2.05) is 0 Å². The molecule has 0 spiro atoms. The lowest BCUT2D eigenvalue weighted by molar-refractivity contribution is 0.151. The van der Waals surface area contributed by atoms with Gasteiger partial charge in [-0.2, -0.15) is 0 Å². The van der Waals surface area contributed by atoms with Crippen LogP contribution < -0.4 is 0 Å². The molecule has 0 saturated heterocycles. The summed E-state index contributed by atoms with van der Waals surface area (Å²) in [5, 5.41) is 0. The topological polar surface area (TPSA) is 4.36 Å². The maximum Gasteiger partial charge on any atom is 0.262 e. The first-order valence-corrected chi connectivity index (χ1v) is 2.99. The zero-order valence-electron chi connectivity index (χ0n) is 5.59. The fourth-order valence-corrected chi connectivity index (χ4v) is 0.730. The van der Waals surface area contributed by atoms with Crippen molar-refractivity contribution in [2.75, 3.05) is 0 Å². The van der Waals surface area contributed by atoms with Crippen molar-refractivity contribution in [2.24, 2.45) is 0 Å². The SMILES string of the molecule is [C-]#[N+]c1cccc(C(F)F)c1. The van der Waals surface area contributed by atoms with Gasteiger partial charge in [0.2, 0.25) is 0 Å². The smallest absolute Gasteiger partial charge is 0.238 e. The summed E-state index contributed by atoms with van der Waals surface area (Å²) in [5.74, 6) is 0. The fourth-order valence-electron chi connectivity index (χ4n) is 0.730. The van der Waals surface area contributed by atoms with Gasteiger partial charge in [-0.1, -0.05) is 18.2 Å². The second-order valence-electron chi connectivity index (χ2n) is 2.01. The van der Waals surface area contributed by atoms with Crippen LogP contribution in [0.2, 0.25) is 0 Å². The molecule has 0 heterocycles. The summed E-state index contributed by atoms with van der Waals surface area (Å²) in [6.45, 7) is 6.56. The van der Waals surface area contributed by atoms with Crippen LogP contribution in [-0.4, -0.2) is 0 Å². The summed E-state index contributed by atoms with van der Waals surface area (Å²) < 4.78 is 24.0. The van der Waals surface area contributed by atoms with Crippen molar-refractivity contribution in [3.8, 4) is 0 Å². The van der Waals surface area contributed by atoms with Crippen LogP contribution in [0.5, 0.6) is 0 Å². The molecule has 0 aliphatic carbocycles. The van der Waals surface area contributed by atoms with Crippen molar-refractivity contribution in [3.63, 3.8) is 0 Å². The average molecular weight is 153 g/mol. The number of benzene rings is 1. The summed E-state index contributed by atoms with van der Waals surface area (Å²) in [6, 6.07) is 5.45. The summed E-state index contributed by atoms with van der Waals surface area (Å²) >= 11 is 0. The van der Waals surface area contributed by atoms with E-state index in [9.17, 15) is 8.78 Å². The quantitative estimate of drug-likeness (QED) is 0.546. The van der Waals surface area contributed by atoms with Crippen molar-refractivity contribution in [1.82, 2.24) is 0 Å². The number of nitrogens with zero attached hydrogens (tertiary/aromatic N) is 1. The monoisotopic (exact) mass is 153 g/mol. The van der Waals surface area contributed by atoms with Gasteiger partial charge in [-0.05, 0) is 6.07 Å². The van der Waals surface area contributed by atoms with Crippen molar-refractivity contribution in [3.05, 3.63) is 41.2 Å². The Morgan fingerprint density at radius 2 is 2.09 bits per heavy atom. The molecule has 0 saturated carbocycles. The van der Waals surface area contributed by atoms with E-state index in [4.69, 9.17) is 6.57 Å². The van der Waals surface area contributed by atoms with E-state index in [-0.39, 0.29) is 11.3 Å². The highest BCUT2D eigenvalue weighted by Gasteiger charge is 2.05. The Labute approximate surface area is 63.1 Å². The van der Waals surface area contributed by atoms with Gasteiger partial charge in [-0.3, -0.25) is 0 Å². The first kappa shape index (κ1) is 7.67. The van der Waals surface area contributed by atoms with Gasteiger partial charge in [0.15, 0.2) is 5.69 Å². The van der Waals surface area contributed by atoms with E-state index >= 15 is 0 Å². The second kappa shape index (κ2) is 3.11. The molecule has 1 rings (SSSR count). The van der Waals surface area contributed by atoms with Crippen LogP contribution in [0.4, 0.5) is 14.5 Å². The number of alkyl halides is 2. The fraction of sp³-hybridized carbons (Fsp3) is 0.125. The molecular weight excluding hydrogens is 148 g/mol. The van der Waals surface area contributed by atoms with Crippen LogP contribution in [-0.2, 0) is 0 Å². The number of halogens is 2. The Kier molecular flexibility index (Phi) is 2.17. The minimum Gasteiger partial charge on any atom is -0.238 e. The average Bonchev–Trinajstić information content (AvgIpc) is 2.05. The molecule has 1 nitrogen and oxygen atoms in total. The van der Waals surface area contributed by atoms with Crippen molar-refractivity contribution in [1.29, 1.82) is 0 Å². The molecule has 56 valence electrons. The van der Waals surface area contributed by atoms with E-state index in [2.05, 4.69) is 4.85 Å². The Morgan fingerprint density at radius 1 is 1.36 bits per heavy atom. The lowest BCUT2D eigenvalue weighted by Gasteiger charge is -1.97. The van der Waals surface area contributed by atoms with E-state index in [1.54, 1.807) is 0 Å². The molecular formula is C8H5F2N. The summed E-state index contributed by atoms with van der Waals surface area (Å²) in [7, 11) is 0. The number of hydrogen-bond acceptors (Lipinski definition) is 0. The zero-order chi connectivity index (χ0) is 8.27. The van der Waals surface area contributed by atoms with Crippen LogP contribution in [0.25, 0.3) is 4.85 Å². The van der Waals surface area contributed by atoms with Gasteiger partial charge >= 0.3 is 0 Å². The predicted molar refractivity (Wildman–Crippen MR) is 37.7 cm³/mol. The molecule has 0 unspecified atom stereocenters. The molecule has 0 N–H and O–H groups in total. The first-order valence-electron chi connectivity index (χ1n) is 2.99. The lowest BCUT2D eigenvalue weighted by atomic mass is 10.2. The van der Waals surface area contributed by atoms with E-state index in [1.165, 1.54) is 24.3 Å². The highest BCUT2D eigenvalue weighted by molar-refractivity contribution is 5.46. The normalized spacial score (nSPS) is 9.64. The molecule has 11 heavy (non-hydrogen) atoms. The molecule has 0 atom stereocenters. The van der Waals surface area contributed by atoms with Gasteiger partial charge < -0.3 is 0 Å². The second-order valence-corrected chi connectivity index (χ2v) is 2.01. The van der Waals surface area contributed by atoms with E-state index < -0.39 is 6.43 Å². The van der Waals surface area contributed by atoms with Crippen molar-refractivity contribution >= 4 is 5.69 Å². The summed E-state index contributed by atoms with van der Waals surface area (Å²) in [5.41, 5.74) is 0.154. The largest absolute Gasteiger partial charge is 0.262 e. The highest BCUT2D eigenvalue weighted by Crippen LogP contribution is 2.22. The van der Waals surface area contributed by atoms with Gasteiger partial charge in [0.25, 0.3) is 6.43 Å². The van der Waals surface area contributed by atoms with E-state index in [0.29, 0.717) is 0 Å². The molecule has 1 aromatic carbocycles. The van der Waals surface area contributed by atoms with Crippen LogP contribution in [0.3, 0.4) is 0 Å². The van der Waals surface area contributed by atoms with E-state index in [0.717, 1.165) is 0 Å². The molecule has 0 radical (unpaired) electrons. The van der Waals surface area contributed by atoms with Crippen LogP contribution in [0.15, 0.2) is 24.3 Å². The third-order valence-corrected chi connectivity index (χ3v) is 1.25. The predicted octanol–water partition coefficient (Wildman–Crippen LogP) is 3.17. The third kappa shape index (κ3) is 1.74.